The van der Waals surface area contributed by atoms with E-state index in [0.29, 0.717) is 6.07 Å². The van der Waals surface area contributed by atoms with E-state index >= 15 is 0 Å². The Kier molecular flexibility index (Phi) is 7.78. The van der Waals surface area contributed by atoms with E-state index in [-0.39, 0.29) is 61.3 Å². The maximum atomic E-state index is 14.1. The molecule has 2 heterocycles. The van der Waals surface area contributed by atoms with Crippen LogP contribution in [0.4, 0.5) is 22.0 Å². The number of aryl methyl sites for hydroxylation is 1. The average molecular weight is 585 g/mol. The number of alkyl halides is 5. The molecule has 0 bridgehead atoms. The van der Waals surface area contributed by atoms with E-state index < -0.39 is 52.0 Å². The highest BCUT2D eigenvalue weighted by Gasteiger charge is 2.48. The van der Waals surface area contributed by atoms with Gasteiger partial charge >= 0.3 is 6.18 Å². The first-order chi connectivity index (χ1) is 17.6. The van der Waals surface area contributed by atoms with Gasteiger partial charge in [0.1, 0.15) is 6.33 Å². The van der Waals surface area contributed by atoms with Gasteiger partial charge in [0, 0.05) is 58.2 Å². The summed E-state index contributed by atoms with van der Waals surface area (Å²) in [7, 11) is -2.39. The van der Waals surface area contributed by atoms with E-state index in [9.17, 15) is 35.2 Å². The van der Waals surface area contributed by atoms with Crippen LogP contribution in [0.25, 0.3) is 0 Å². The van der Waals surface area contributed by atoms with E-state index in [0.717, 1.165) is 12.1 Å². The zero-order valence-corrected chi connectivity index (χ0v) is 21.9. The topological polar surface area (TPSA) is 100 Å². The summed E-state index contributed by atoms with van der Waals surface area (Å²) in [5.41, 5.74) is -2.07. The molecule has 2 aliphatic rings. The molecule has 0 unspecified atom stereocenters. The Morgan fingerprint density at radius 3 is 2.26 bits per heavy atom. The second-order valence-electron chi connectivity index (χ2n) is 9.55. The van der Waals surface area contributed by atoms with Crippen molar-refractivity contribution in [1.29, 1.82) is 0 Å². The van der Waals surface area contributed by atoms with Crippen molar-refractivity contribution in [2.45, 2.75) is 48.5 Å². The first kappa shape index (κ1) is 28.6. The third-order valence-electron chi connectivity index (χ3n) is 7.09. The lowest BCUT2D eigenvalue weighted by atomic mass is 9.78. The predicted molar refractivity (Wildman–Crippen MR) is 126 cm³/mol. The highest BCUT2D eigenvalue weighted by Crippen LogP contribution is 2.42. The molecule has 9 nitrogen and oxygen atoms in total. The van der Waals surface area contributed by atoms with E-state index in [1.54, 1.807) is 7.05 Å². The zero-order valence-electron chi connectivity index (χ0n) is 20.3. The predicted octanol–water partition coefficient (Wildman–Crippen LogP) is 3.17. The van der Waals surface area contributed by atoms with Crippen LogP contribution in [-0.4, -0.2) is 82.5 Å². The quantitative estimate of drug-likeness (QED) is 0.524. The summed E-state index contributed by atoms with van der Waals surface area (Å²) >= 11 is 5.94. The fourth-order valence-corrected chi connectivity index (χ4v) is 6.41. The van der Waals surface area contributed by atoms with Gasteiger partial charge in [-0.15, -0.1) is 5.10 Å². The molecule has 1 saturated heterocycles. The first-order valence-electron chi connectivity index (χ1n) is 11.8. The average Bonchev–Trinajstić information content (AvgIpc) is 3.30. The van der Waals surface area contributed by atoms with Crippen LogP contribution in [0.5, 0.6) is 0 Å². The largest absolute Gasteiger partial charge is 0.416 e. The van der Waals surface area contributed by atoms with Gasteiger partial charge in [-0.1, -0.05) is 11.6 Å². The van der Waals surface area contributed by atoms with Gasteiger partial charge in [-0.05, 0) is 31.0 Å². The molecule has 1 amide bonds. The van der Waals surface area contributed by atoms with Crippen molar-refractivity contribution in [3.05, 3.63) is 40.7 Å². The van der Waals surface area contributed by atoms with Gasteiger partial charge in [-0.2, -0.15) is 17.5 Å². The van der Waals surface area contributed by atoms with Crippen LogP contribution in [0.3, 0.4) is 0 Å². The van der Waals surface area contributed by atoms with E-state index in [1.165, 1.54) is 15.3 Å². The number of carbonyl (C=O) groups is 1. The van der Waals surface area contributed by atoms with Crippen LogP contribution in [-0.2, 0) is 23.2 Å². The minimum Gasteiger partial charge on any atom is -0.350 e. The molecular weight excluding hydrogens is 559 g/mol. The fourth-order valence-electron chi connectivity index (χ4n) is 4.86. The summed E-state index contributed by atoms with van der Waals surface area (Å²) < 4.78 is 95.1. The van der Waals surface area contributed by atoms with Crippen molar-refractivity contribution in [3.63, 3.8) is 0 Å². The minimum atomic E-state index is -4.63. The molecule has 38 heavy (non-hydrogen) atoms. The van der Waals surface area contributed by atoms with Gasteiger partial charge in [-0.3, -0.25) is 14.4 Å². The Bertz CT molecular complexity index is 1280. The highest BCUT2D eigenvalue weighted by atomic mass is 35.5. The van der Waals surface area contributed by atoms with Crippen LogP contribution in [0.2, 0.25) is 5.02 Å². The molecule has 1 aromatic carbocycles. The number of hydrogen-bond donors (Lipinski definition) is 1. The molecule has 1 aromatic heterocycles. The third kappa shape index (κ3) is 5.95. The van der Waals surface area contributed by atoms with Gasteiger partial charge in [-0.25, -0.2) is 22.2 Å². The van der Waals surface area contributed by atoms with Gasteiger partial charge in [0.05, 0.1) is 16.1 Å². The normalized spacial score (nSPS) is 20.8. The number of hydrogen-bond acceptors (Lipinski definition) is 6. The molecule has 16 heteroatoms. The Labute approximate surface area is 221 Å². The Morgan fingerprint density at radius 2 is 1.74 bits per heavy atom. The van der Waals surface area contributed by atoms with Gasteiger partial charge in [0.25, 0.3) is 21.1 Å². The summed E-state index contributed by atoms with van der Waals surface area (Å²) in [6.45, 7) is 0.506. The lowest BCUT2D eigenvalue weighted by molar-refractivity contribution is -0.137. The van der Waals surface area contributed by atoms with Crippen molar-refractivity contribution in [3.8, 4) is 0 Å². The number of halogens is 6. The number of rotatable bonds is 6. The lowest BCUT2D eigenvalue weighted by Crippen LogP contribution is -2.63. The first-order valence-corrected chi connectivity index (χ1v) is 13.6. The summed E-state index contributed by atoms with van der Waals surface area (Å²) in [5, 5.41) is 5.80. The van der Waals surface area contributed by atoms with Crippen LogP contribution >= 0.6 is 11.6 Å². The molecule has 0 spiro atoms. The van der Waals surface area contributed by atoms with Crippen molar-refractivity contribution in [1.82, 2.24) is 29.3 Å². The minimum absolute atomic E-state index is 0.0373. The molecule has 1 N–H and O–H groups in total. The van der Waals surface area contributed by atoms with Crippen LogP contribution in [0.1, 0.15) is 41.6 Å². The molecule has 210 valence electrons. The Balaban J connectivity index is 1.48. The molecule has 0 radical (unpaired) electrons. The van der Waals surface area contributed by atoms with E-state index in [1.807, 2.05) is 4.90 Å². The lowest BCUT2D eigenvalue weighted by Gasteiger charge is -2.50. The monoisotopic (exact) mass is 584 g/mol. The molecule has 1 aliphatic carbocycles. The maximum absolute atomic E-state index is 14.1. The number of carbonyl (C=O) groups excluding carboxylic acids is 1. The molecule has 1 saturated carbocycles. The van der Waals surface area contributed by atoms with Crippen molar-refractivity contribution in [2.75, 3.05) is 32.7 Å². The summed E-state index contributed by atoms with van der Waals surface area (Å²) in [6, 6.07) is 2.37. The fraction of sp³-hybridized carbons (Fsp3) is 0.591. The van der Waals surface area contributed by atoms with Crippen LogP contribution in [0, 0.1) is 0 Å². The highest BCUT2D eigenvalue weighted by molar-refractivity contribution is 7.88. The number of aromatic nitrogens is 3. The second-order valence-corrected chi connectivity index (χ2v) is 11.8. The van der Waals surface area contributed by atoms with Crippen LogP contribution < -0.4 is 5.32 Å². The second kappa shape index (κ2) is 10.3. The van der Waals surface area contributed by atoms with Gasteiger partial charge < -0.3 is 5.32 Å². The molecule has 2 fully saturated rings. The Hall–Kier alpha value is -2.36. The van der Waals surface area contributed by atoms with E-state index in [2.05, 4.69) is 15.4 Å². The van der Waals surface area contributed by atoms with Crippen molar-refractivity contribution < 1.29 is 35.2 Å². The number of nitrogens with one attached hydrogen (secondary N) is 1. The summed E-state index contributed by atoms with van der Waals surface area (Å²) in [6.07, 6.45) is -4.12. The zero-order chi connectivity index (χ0) is 27.9. The van der Waals surface area contributed by atoms with E-state index in [4.69, 9.17) is 11.6 Å². The number of piperazine rings is 1. The van der Waals surface area contributed by atoms with Crippen molar-refractivity contribution >= 4 is 27.5 Å². The number of benzene rings is 1. The summed E-state index contributed by atoms with van der Waals surface area (Å²) in [5.74, 6) is -3.59. The maximum Gasteiger partial charge on any atom is 0.416 e. The SMILES string of the molecule is Cn1cnc(S(=O)(=O)N2CCN(C3(CNC(=O)c4ccc(C(F)(F)F)cc4Cl)CCC(F)(F)CC3)CC2)n1. The standard InChI is InChI=1S/C22H26ClF5N6O3S/c1-32-14-30-19(31-32)38(36,37)34-10-8-33(9-11-34)20(4-6-21(24,25)7-5-20)13-29-18(35)16-3-2-15(12-17(16)23)22(26,27)28/h2-3,12,14H,4-11,13H2,1H3,(H,29,35). The molecule has 1 aliphatic heterocycles. The molecule has 0 atom stereocenters. The number of amides is 1. The smallest absolute Gasteiger partial charge is 0.350 e. The molecule has 4 rings (SSSR count). The Morgan fingerprint density at radius 1 is 1.11 bits per heavy atom. The summed E-state index contributed by atoms with van der Waals surface area (Å²) in [4.78, 5) is 18.5. The van der Waals surface area contributed by atoms with Crippen LogP contribution in [0.15, 0.2) is 29.7 Å². The third-order valence-corrected chi connectivity index (χ3v) is 9.10. The van der Waals surface area contributed by atoms with Crippen molar-refractivity contribution in [2.24, 2.45) is 7.05 Å². The van der Waals surface area contributed by atoms with Gasteiger partial charge in [0.15, 0.2) is 0 Å². The molecular formula is C22H26ClF5N6O3S. The number of sulfonamides is 1. The molecule has 2 aromatic rings. The van der Waals surface area contributed by atoms with Gasteiger partial charge in [0.2, 0.25) is 5.92 Å². The number of nitrogens with zero attached hydrogens (tertiary/aromatic N) is 5.